The molecular formula is C22H21ClN2O. The molecule has 0 spiro atoms. The van der Waals surface area contributed by atoms with E-state index in [-0.39, 0.29) is 0 Å². The van der Waals surface area contributed by atoms with Gasteiger partial charge in [-0.25, -0.2) is 0 Å². The maximum absolute atomic E-state index is 6.02. The van der Waals surface area contributed by atoms with E-state index in [0.29, 0.717) is 28.6 Å². The summed E-state index contributed by atoms with van der Waals surface area (Å²) < 4.78 is 5.35. The predicted octanol–water partition coefficient (Wildman–Crippen LogP) is 6.38. The fraction of sp³-hybridized carbons (Fsp3) is 0.273. The van der Waals surface area contributed by atoms with E-state index in [9.17, 15) is 0 Å². The number of hydrogen-bond acceptors (Lipinski definition) is 3. The number of allylic oxidation sites excluding steroid dienone is 1. The highest BCUT2D eigenvalue weighted by Crippen LogP contribution is 2.36. The predicted molar refractivity (Wildman–Crippen MR) is 105 cm³/mol. The summed E-state index contributed by atoms with van der Waals surface area (Å²) in [6, 6.07) is 18.3. The van der Waals surface area contributed by atoms with Crippen molar-refractivity contribution in [2.24, 2.45) is 5.92 Å². The van der Waals surface area contributed by atoms with Crippen molar-refractivity contribution >= 4 is 17.7 Å². The van der Waals surface area contributed by atoms with Gasteiger partial charge in [0.1, 0.15) is 0 Å². The molecule has 4 rings (SSSR count). The second-order valence-corrected chi connectivity index (χ2v) is 7.28. The largest absolute Gasteiger partial charge is 0.334 e. The van der Waals surface area contributed by atoms with Crippen LogP contribution in [0.2, 0.25) is 5.02 Å². The summed E-state index contributed by atoms with van der Waals surface area (Å²) in [6.07, 6.45) is 9.04. The van der Waals surface area contributed by atoms with Crippen LogP contribution in [-0.4, -0.2) is 10.1 Å². The highest BCUT2D eigenvalue weighted by atomic mass is 35.5. The van der Waals surface area contributed by atoms with Gasteiger partial charge in [-0.2, -0.15) is 4.98 Å². The van der Waals surface area contributed by atoms with Crippen LogP contribution in [-0.2, 0) is 0 Å². The van der Waals surface area contributed by atoms with Gasteiger partial charge in [-0.15, -0.1) is 0 Å². The van der Waals surface area contributed by atoms with Gasteiger partial charge in [0.05, 0.1) is 0 Å². The third kappa shape index (κ3) is 4.05. The zero-order valence-electron chi connectivity index (χ0n) is 14.5. The number of rotatable bonds is 4. The first kappa shape index (κ1) is 17.0. The molecule has 1 heterocycles. The Morgan fingerprint density at radius 2 is 1.77 bits per heavy atom. The molecular weight excluding hydrogens is 344 g/mol. The quantitative estimate of drug-likeness (QED) is 0.539. The molecule has 1 aromatic heterocycles. The lowest BCUT2D eigenvalue weighted by Crippen LogP contribution is -2.11. The van der Waals surface area contributed by atoms with Crippen molar-refractivity contribution < 1.29 is 4.52 Å². The summed E-state index contributed by atoms with van der Waals surface area (Å²) >= 11 is 6.02. The Balaban J connectivity index is 1.36. The SMILES string of the molecule is Clc1cccc(-c2noc(C=CC3CCC(c4ccccc4)CC3)n2)c1. The number of benzene rings is 2. The number of halogens is 1. The molecule has 4 heteroatoms. The molecule has 0 amide bonds. The number of hydrogen-bond donors (Lipinski definition) is 0. The van der Waals surface area contributed by atoms with Gasteiger partial charge in [0.15, 0.2) is 0 Å². The van der Waals surface area contributed by atoms with Gasteiger partial charge < -0.3 is 4.52 Å². The molecule has 132 valence electrons. The normalized spacial score (nSPS) is 20.5. The molecule has 0 saturated heterocycles. The van der Waals surface area contributed by atoms with E-state index in [1.54, 1.807) is 0 Å². The molecule has 3 aromatic rings. The third-order valence-corrected chi connectivity index (χ3v) is 5.31. The maximum Gasteiger partial charge on any atom is 0.250 e. The second-order valence-electron chi connectivity index (χ2n) is 6.85. The van der Waals surface area contributed by atoms with E-state index in [1.165, 1.54) is 31.2 Å². The molecule has 0 aliphatic heterocycles. The van der Waals surface area contributed by atoms with Crippen molar-refractivity contribution in [3.05, 3.63) is 77.2 Å². The summed E-state index contributed by atoms with van der Waals surface area (Å²) in [7, 11) is 0. The van der Waals surface area contributed by atoms with Gasteiger partial charge >= 0.3 is 0 Å². The minimum atomic E-state index is 0.546. The Hall–Kier alpha value is -2.39. The highest BCUT2D eigenvalue weighted by molar-refractivity contribution is 6.30. The first-order valence-electron chi connectivity index (χ1n) is 9.11. The van der Waals surface area contributed by atoms with E-state index in [4.69, 9.17) is 16.1 Å². The van der Waals surface area contributed by atoms with Gasteiger partial charge in [-0.3, -0.25) is 0 Å². The molecule has 3 nitrogen and oxygen atoms in total. The van der Waals surface area contributed by atoms with Crippen LogP contribution >= 0.6 is 11.6 Å². The summed E-state index contributed by atoms with van der Waals surface area (Å²) in [5.74, 6) is 2.39. The number of nitrogens with zero attached hydrogens (tertiary/aromatic N) is 2. The van der Waals surface area contributed by atoms with E-state index < -0.39 is 0 Å². The van der Waals surface area contributed by atoms with Crippen molar-refractivity contribution in [2.45, 2.75) is 31.6 Å². The van der Waals surface area contributed by atoms with Gasteiger partial charge in [-0.1, -0.05) is 65.3 Å². The lowest BCUT2D eigenvalue weighted by atomic mass is 9.78. The van der Waals surface area contributed by atoms with Gasteiger partial charge in [0, 0.05) is 10.6 Å². The average Bonchev–Trinajstić information content (AvgIpc) is 3.17. The third-order valence-electron chi connectivity index (χ3n) is 5.08. The van der Waals surface area contributed by atoms with Gasteiger partial charge in [-0.05, 0) is 61.3 Å². The monoisotopic (exact) mass is 364 g/mol. The molecule has 1 aliphatic rings. The molecule has 1 saturated carbocycles. The minimum absolute atomic E-state index is 0.546. The standard InChI is InChI=1S/C22H21ClN2O/c23-20-8-4-7-19(15-20)22-24-21(26-25-22)14-11-16-9-12-18(13-10-16)17-5-2-1-3-6-17/h1-8,11,14-16,18H,9-10,12-13H2. The molecule has 0 bridgehead atoms. The zero-order chi connectivity index (χ0) is 17.8. The van der Waals surface area contributed by atoms with Crippen LogP contribution in [0.1, 0.15) is 43.1 Å². The van der Waals surface area contributed by atoms with E-state index in [1.807, 2.05) is 30.3 Å². The fourth-order valence-corrected chi connectivity index (χ4v) is 3.83. The topological polar surface area (TPSA) is 38.9 Å². The molecule has 0 unspecified atom stereocenters. The van der Waals surface area contributed by atoms with Crippen molar-refractivity contribution in [3.8, 4) is 11.4 Å². The first-order valence-corrected chi connectivity index (χ1v) is 9.48. The molecule has 1 fully saturated rings. The Bertz CT molecular complexity index is 880. The van der Waals surface area contributed by atoms with Crippen molar-refractivity contribution in [1.82, 2.24) is 10.1 Å². The van der Waals surface area contributed by atoms with Crippen LogP contribution in [0.25, 0.3) is 17.5 Å². The Morgan fingerprint density at radius 1 is 0.962 bits per heavy atom. The van der Waals surface area contributed by atoms with Gasteiger partial charge in [0.25, 0.3) is 5.89 Å². The highest BCUT2D eigenvalue weighted by Gasteiger charge is 2.20. The van der Waals surface area contributed by atoms with Gasteiger partial charge in [0.2, 0.25) is 5.82 Å². The molecule has 0 atom stereocenters. The number of aromatic nitrogens is 2. The molecule has 0 N–H and O–H groups in total. The molecule has 0 radical (unpaired) electrons. The first-order chi connectivity index (χ1) is 12.8. The van der Waals surface area contributed by atoms with Crippen LogP contribution < -0.4 is 0 Å². The van der Waals surface area contributed by atoms with Crippen molar-refractivity contribution in [3.63, 3.8) is 0 Å². The smallest absolute Gasteiger partial charge is 0.250 e. The molecule has 26 heavy (non-hydrogen) atoms. The van der Waals surface area contributed by atoms with E-state index >= 15 is 0 Å². The van der Waals surface area contributed by atoms with E-state index in [0.717, 1.165) is 5.56 Å². The summed E-state index contributed by atoms with van der Waals surface area (Å²) in [5, 5.41) is 4.71. The lowest BCUT2D eigenvalue weighted by molar-refractivity contribution is 0.375. The second kappa shape index (κ2) is 7.88. The lowest BCUT2D eigenvalue weighted by Gasteiger charge is -2.26. The van der Waals surface area contributed by atoms with Crippen LogP contribution in [0, 0.1) is 5.92 Å². The minimum Gasteiger partial charge on any atom is -0.334 e. The van der Waals surface area contributed by atoms with Crippen molar-refractivity contribution in [1.29, 1.82) is 0 Å². The van der Waals surface area contributed by atoms with Crippen LogP contribution in [0.4, 0.5) is 0 Å². The fourth-order valence-electron chi connectivity index (χ4n) is 3.64. The van der Waals surface area contributed by atoms with Crippen LogP contribution in [0.15, 0.2) is 65.2 Å². The maximum atomic E-state index is 6.02. The summed E-state index contributed by atoms with van der Waals surface area (Å²) in [4.78, 5) is 4.45. The Kier molecular flexibility index (Phi) is 5.16. The summed E-state index contributed by atoms with van der Waals surface area (Å²) in [6.45, 7) is 0. The Morgan fingerprint density at radius 3 is 2.54 bits per heavy atom. The average molecular weight is 365 g/mol. The molecule has 1 aliphatic carbocycles. The van der Waals surface area contributed by atoms with Crippen LogP contribution in [0.5, 0.6) is 0 Å². The molecule has 2 aromatic carbocycles. The summed E-state index contributed by atoms with van der Waals surface area (Å²) in [5.41, 5.74) is 2.34. The van der Waals surface area contributed by atoms with Crippen LogP contribution in [0.3, 0.4) is 0 Å². The van der Waals surface area contributed by atoms with E-state index in [2.05, 4.69) is 46.5 Å². The zero-order valence-corrected chi connectivity index (χ0v) is 15.3. The Labute approximate surface area is 158 Å². The van der Waals surface area contributed by atoms with Crippen molar-refractivity contribution in [2.75, 3.05) is 0 Å².